The van der Waals surface area contributed by atoms with Crippen molar-refractivity contribution in [3.05, 3.63) is 0 Å². The molecule has 0 aromatic rings. The fraction of sp³-hybridized carbons (Fsp3) is 1.00. The maximum atomic E-state index is 2.61. The van der Waals surface area contributed by atoms with Crippen molar-refractivity contribution < 1.29 is 0 Å². The van der Waals surface area contributed by atoms with Crippen molar-refractivity contribution in [1.82, 2.24) is 0 Å². The highest BCUT2D eigenvalue weighted by Crippen LogP contribution is 2.55. The summed E-state index contributed by atoms with van der Waals surface area (Å²) in [4.78, 5) is 0. The number of hydrogen-bond donors (Lipinski definition) is 0. The van der Waals surface area contributed by atoms with Gasteiger partial charge in [-0.15, -0.1) is 0 Å². The molecule has 2 aliphatic rings. The molecule has 2 fully saturated rings. The average molecular weight is 252 g/mol. The SMILES string of the molecule is CC.CC1CCCC(C)(C2(C)CCCCC2)CC1. The molecule has 2 aliphatic carbocycles. The first-order valence-corrected chi connectivity index (χ1v) is 8.56. The van der Waals surface area contributed by atoms with Gasteiger partial charge in [0.2, 0.25) is 0 Å². The average Bonchev–Trinajstić information content (AvgIpc) is 2.56. The molecule has 2 atom stereocenters. The van der Waals surface area contributed by atoms with Gasteiger partial charge >= 0.3 is 0 Å². The highest BCUT2D eigenvalue weighted by molar-refractivity contribution is 4.95. The smallest absolute Gasteiger partial charge is 0.0272 e. The van der Waals surface area contributed by atoms with Crippen LogP contribution in [0.2, 0.25) is 0 Å². The molecule has 0 aromatic carbocycles. The molecular weight excluding hydrogens is 216 g/mol. The maximum Gasteiger partial charge on any atom is -0.0272 e. The minimum absolute atomic E-state index is 0.651. The van der Waals surface area contributed by atoms with Gasteiger partial charge in [0.15, 0.2) is 0 Å². The normalized spacial score (nSPS) is 36.2. The quantitative estimate of drug-likeness (QED) is 0.462. The van der Waals surface area contributed by atoms with E-state index in [2.05, 4.69) is 20.8 Å². The van der Waals surface area contributed by atoms with Crippen molar-refractivity contribution in [2.75, 3.05) is 0 Å². The Balaban J connectivity index is 0.000000771. The summed E-state index contributed by atoms with van der Waals surface area (Å²) in [5, 5.41) is 0. The molecule has 0 saturated heterocycles. The van der Waals surface area contributed by atoms with Gasteiger partial charge in [0.25, 0.3) is 0 Å². The van der Waals surface area contributed by atoms with Gasteiger partial charge in [0, 0.05) is 0 Å². The van der Waals surface area contributed by atoms with Crippen LogP contribution in [0.25, 0.3) is 0 Å². The van der Waals surface area contributed by atoms with Gasteiger partial charge in [-0.3, -0.25) is 0 Å². The Bertz CT molecular complexity index is 224. The summed E-state index contributed by atoms with van der Waals surface area (Å²) < 4.78 is 0. The van der Waals surface area contributed by atoms with Crippen molar-refractivity contribution in [2.24, 2.45) is 16.7 Å². The third-order valence-electron chi connectivity index (χ3n) is 6.03. The van der Waals surface area contributed by atoms with Crippen LogP contribution < -0.4 is 0 Å². The molecule has 0 nitrogen and oxygen atoms in total. The predicted molar refractivity (Wildman–Crippen MR) is 82.9 cm³/mol. The lowest BCUT2D eigenvalue weighted by Gasteiger charge is -2.49. The molecule has 2 saturated carbocycles. The van der Waals surface area contributed by atoms with Crippen molar-refractivity contribution in [1.29, 1.82) is 0 Å². The van der Waals surface area contributed by atoms with Gasteiger partial charge in [-0.05, 0) is 42.4 Å². The summed E-state index contributed by atoms with van der Waals surface area (Å²) in [6.07, 6.45) is 14.9. The van der Waals surface area contributed by atoms with E-state index in [-0.39, 0.29) is 0 Å². The first-order valence-electron chi connectivity index (χ1n) is 8.56. The molecule has 18 heavy (non-hydrogen) atoms. The van der Waals surface area contributed by atoms with Crippen LogP contribution in [-0.4, -0.2) is 0 Å². The molecule has 0 heterocycles. The van der Waals surface area contributed by atoms with Crippen LogP contribution in [0, 0.1) is 16.7 Å². The molecule has 0 heteroatoms. The Labute approximate surface area is 116 Å². The van der Waals surface area contributed by atoms with Crippen LogP contribution in [0.4, 0.5) is 0 Å². The minimum atomic E-state index is 0.651. The largest absolute Gasteiger partial charge is 0.0683 e. The first kappa shape index (κ1) is 16.1. The summed E-state index contributed by atoms with van der Waals surface area (Å²) in [6.45, 7) is 11.7. The lowest BCUT2D eigenvalue weighted by atomic mass is 9.56. The van der Waals surface area contributed by atoms with Crippen LogP contribution >= 0.6 is 0 Å². The van der Waals surface area contributed by atoms with Crippen LogP contribution in [-0.2, 0) is 0 Å². The zero-order valence-corrected chi connectivity index (χ0v) is 13.6. The minimum Gasteiger partial charge on any atom is -0.0683 e. The molecule has 0 bridgehead atoms. The second kappa shape index (κ2) is 6.96. The Hall–Kier alpha value is 0. The molecule has 108 valence electrons. The van der Waals surface area contributed by atoms with Gasteiger partial charge < -0.3 is 0 Å². The first-order chi connectivity index (χ1) is 8.56. The van der Waals surface area contributed by atoms with E-state index >= 15 is 0 Å². The van der Waals surface area contributed by atoms with E-state index < -0.39 is 0 Å². The molecule has 2 rings (SSSR count). The van der Waals surface area contributed by atoms with Crippen LogP contribution in [0.3, 0.4) is 0 Å². The zero-order valence-electron chi connectivity index (χ0n) is 13.6. The highest BCUT2D eigenvalue weighted by Gasteiger charge is 2.44. The lowest BCUT2D eigenvalue weighted by Crippen LogP contribution is -2.39. The zero-order chi connectivity index (χ0) is 13.6. The van der Waals surface area contributed by atoms with Crippen molar-refractivity contribution >= 4 is 0 Å². The Morgan fingerprint density at radius 2 is 1.17 bits per heavy atom. The summed E-state index contributed by atoms with van der Waals surface area (Å²) >= 11 is 0. The van der Waals surface area contributed by atoms with Crippen LogP contribution in [0.1, 0.15) is 98.8 Å². The Kier molecular flexibility index (Phi) is 6.21. The van der Waals surface area contributed by atoms with Gasteiger partial charge in [-0.25, -0.2) is 0 Å². The molecule has 0 aliphatic heterocycles. The monoisotopic (exact) mass is 252 g/mol. The molecule has 0 amide bonds. The fourth-order valence-corrected chi connectivity index (χ4v) is 4.21. The summed E-state index contributed by atoms with van der Waals surface area (Å²) in [7, 11) is 0. The Morgan fingerprint density at radius 1 is 0.667 bits per heavy atom. The molecule has 0 aromatic heterocycles. The molecule has 0 radical (unpaired) electrons. The number of hydrogen-bond acceptors (Lipinski definition) is 0. The van der Waals surface area contributed by atoms with Crippen molar-refractivity contribution in [3.8, 4) is 0 Å². The van der Waals surface area contributed by atoms with E-state index in [1.54, 1.807) is 0 Å². The van der Waals surface area contributed by atoms with Crippen LogP contribution in [0.5, 0.6) is 0 Å². The predicted octanol–water partition coefficient (Wildman–Crippen LogP) is 6.59. The maximum absolute atomic E-state index is 2.61. The van der Waals surface area contributed by atoms with E-state index in [0.717, 1.165) is 5.92 Å². The fourth-order valence-electron chi connectivity index (χ4n) is 4.21. The van der Waals surface area contributed by atoms with Crippen molar-refractivity contribution in [2.45, 2.75) is 98.8 Å². The summed E-state index contributed by atoms with van der Waals surface area (Å²) in [6, 6.07) is 0. The second-order valence-electron chi connectivity index (χ2n) is 7.22. The van der Waals surface area contributed by atoms with Crippen LogP contribution in [0.15, 0.2) is 0 Å². The van der Waals surface area contributed by atoms with E-state index in [4.69, 9.17) is 0 Å². The lowest BCUT2D eigenvalue weighted by molar-refractivity contribution is 0.0135. The molecule has 0 N–H and O–H groups in total. The highest BCUT2D eigenvalue weighted by atomic mass is 14.5. The van der Waals surface area contributed by atoms with E-state index in [9.17, 15) is 0 Å². The standard InChI is InChI=1S/C16H30.C2H6/c1-14-8-7-12-16(3,13-9-14)15(2)10-5-4-6-11-15;1-2/h14H,4-13H2,1-3H3;1-2H3. The summed E-state index contributed by atoms with van der Waals surface area (Å²) in [5.74, 6) is 0.981. The van der Waals surface area contributed by atoms with Crippen molar-refractivity contribution in [3.63, 3.8) is 0 Å². The topological polar surface area (TPSA) is 0 Å². The second-order valence-corrected chi connectivity index (χ2v) is 7.22. The third kappa shape index (κ3) is 3.52. The summed E-state index contributed by atoms with van der Waals surface area (Å²) in [5.41, 5.74) is 1.31. The third-order valence-corrected chi connectivity index (χ3v) is 6.03. The Morgan fingerprint density at radius 3 is 1.78 bits per heavy atom. The van der Waals surface area contributed by atoms with E-state index in [1.807, 2.05) is 13.8 Å². The number of rotatable bonds is 1. The molecule has 2 unspecified atom stereocenters. The van der Waals surface area contributed by atoms with Gasteiger partial charge in [0.05, 0.1) is 0 Å². The van der Waals surface area contributed by atoms with E-state index in [1.165, 1.54) is 64.2 Å². The van der Waals surface area contributed by atoms with Gasteiger partial charge in [-0.2, -0.15) is 0 Å². The molecular formula is C18H36. The van der Waals surface area contributed by atoms with Gasteiger partial charge in [-0.1, -0.05) is 73.1 Å². The van der Waals surface area contributed by atoms with Gasteiger partial charge in [0.1, 0.15) is 0 Å². The van der Waals surface area contributed by atoms with E-state index in [0.29, 0.717) is 10.8 Å². The molecule has 0 spiro atoms.